The number of carbonyl (C=O) groups excluding carboxylic acids is 2. The van der Waals surface area contributed by atoms with Gasteiger partial charge in [0.1, 0.15) is 5.54 Å². The van der Waals surface area contributed by atoms with Crippen LogP contribution in [0.5, 0.6) is 0 Å². The fraction of sp³-hybridized carbons (Fsp3) is 0.882. The average molecular weight is 310 g/mol. The lowest BCUT2D eigenvalue weighted by Crippen LogP contribution is -2.56. The maximum Gasteiger partial charge on any atom is 0.331 e. The van der Waals surface area contributed by atoms with E-state index in [1.54, 1.807) is 0 Å². The molecule has 2 N–H and O–H groups in total. The highest BCUT2D eigenvalue weighted by molar-refractivity contribution is 5.88. The molecule has 1 aliphatic carbocycles. The van der Waals surface area contributed by atoms with Gasteiger partial charge in [0.05, 0.1) is 7.11 Å². The predicted octanol–water partition coefficient (Wildman–Crippen LogP) is 2.00. The zero-order chi connectivity index (χ0) is 16.0. The molecule has 2 aliphatic rings. The highest BCUT2D eigenvalue weighted by Crippen LogP contribution is 2.30. The summed E-state index contributed by atoms with van der Waals surface area (Å²) < 4.78 is 4.95. The SMILES string of the molecule is COC(=O)C1(NC(=O)CC(C)C2CCCNC2)CCCCC1. The molecule has 0 radical (unpaired) electrons. The van der Waals surface area contributed by atoms with Crippen molar-refractivity contribution in [3.63, 3.8) is 0 Å². The predicted molar refractivity (Wildman–Crippen MR) is 85.3 cm³/mol. The summed E-state index contributed by atoms with van der Waals surface area (Å²) in [6, 6.07) is 0. The molecule has 0 aromatic rings. The molecule has 126 valence electrons. The quantitative estimate of drug-likeness (QED) is 0.762. The van der Waals surface area contributed by atoms with E-state index in [9.17, 15) is 9.59 Å². The minimum Gasteiger partial charge on any atom is -0.467 e. The van der Waals surface area contributed by atoms with Crippen molar-refractivity contribution in [2.45, 2.75) is 63.8 Å². The van der Waals surface area contributed by atoms with E-state index in [2.05, 4.69) is 17.6 Å². The molecule has 1 saturated heterocycles. The van der Waals surface area contributed by atoms with Gasteiger partial charge in [-0.1, -0.05) is 26.2 Å². The number of hydrogen-bond acceptors (Lipinski definition) is 4. The van der Waals surface area contributed by atoms with Crippen LogP contribution in [-0.2, 0) is 14.3 Å². The van der Waals surface area contributed by atoms with Crippen LogP contribution in [0.4, 0.5) is 0 Å². The number of rotatable bonds is 5. The third kappa shape index (κ3) is 4.22. The summed E-state index contributed by atoms with van der Waals surface area (Å²) in [5.74, 6) is 0.601. The van der Waals surface area contributed by atoms with E-state index in [-0.39, 0.29) is 11.9 Å². The second-order valence-corrected chi connectivity index (χ2v) is 6.97. The van der Waals surface area contributed by atoms with Crippen molar-refractivity contribution in [2.24, 2.45) is 11.8 Å². The minimum atomic E-state index is -0.783. The zero-order valence-electron chi connectivity index (χ0n) is 14.0. The van der Waals surface area contributed by atoms with Crippen molar-refractivity contribution in [3.8, 4) is 0 Å². The largest absolute Gasteiger partial charge is 0.467 e. The van der Waals surface area contributed by atoms with Gasteiger partial charge in [0.2, 0.25) is 5.91 Å². The summed E-state index contributed by atoms with van der Waals surface area (Å²) in [4.78, 5) is 24.6. The molecule has 22 heavy (non-hydrogen) atoms. The normalized spacial score (nSPS) is 26.0. The Kier molecular flexibility index (Phi) is 6.24. The third-order valence-electron chi connectivity index (χ3n) is 5.31. The molecule has 1 heterocycles. The van der Waals surface area contributed by atoms with E-state index in [0.29, 0.717) is 31.1 Å². The first-order valence-corrected chi connectivity index (χ1v) is 8.67. The van der Waals surface area contributed by atoms with Crippen molar-refractivity contribution in [3.05, 3.63) is 0 Å². The van der Waals surface area contributed by atoms with Crippen LogP contribution in [0.2, 0.25) is 0 Å². The Morgan fingerprint density at radius 3 is 2.59 bits per heavy atom. The van der Waals surface area contributed by atoms with Gasteiger partial charge >= 0.3 is 5.97 Å². The molecule has 1 aliphatic heterocycles. The lowest BCUT2D eigenvalue weighted by Gasteiger charge is -2.36. The smallest absolute Gasteiger partial charge is 0.331 e. The van der Waals surface area contributed by atoms with Gasteiger partial charge in [0.15, 0.2) is 0 Å². The highest BCUT2D eigenvalue weighted by atomic mass is 16.5. The van der Waals surface area contributed by atoms with Crippen molar-refractivity contribution in [1.82, 2.24) is 10.6 Å². The monoisotopic (exact) mass is 310 g/mol. The van der Waals surface area contributed by atoms with Crippen LogP contribution in [0.1, 0.15) is 58.3 Å². The Labute approximate surface area is 133 Å². The van der Waals surface area contributed by atoms with Crippen molar-refractivity contribution < 1.29 is 14.3 Å². The first-order valence-electron chi connectivity index (χ1n) is 8.67. The number of hydrogen-bond donors (Lipinski definition) is 2. The van der Waals surface area contributed by atoms with Gasteiger partial charge in [-0.25, -0.2) is 4.79 Å². The Morgan fingerprint density at radius 2 is 2.00 bits per heavy atom. The first-order chi connectivity index (χ1) is 10.6. The van der Waals surface area contributed by atoms with Crippen LogP contribution in [-0.4, -0.2) is 37.6 Å². The van der Waals surface area contributed by atoms with Crippen molar-refractivity contribution >= 4 is 11.9 Å². The number of ether oxygens (including phenoxy) is 1. The van der Waals surface area contributed by atoms with E-state index < -0.39 is 5.54 Å². The lowest BCUT2D eigenvalue weighted by atomic mass is 9.80. The second-order valence-electron chi connectivity index (χ2n) is 6.97. The van der Waals surface area contributed by atoms with E-state index in [1.165, 1.54) is 20.0 Å². The van der Waals surface area contributed by atoms with Crippen LogP contribution in [0.25, 0.3) is 0 Å². The maximum atomic E-state index is 12.5. The van der Waals surface area contributed by atoms with Gasteiger partial charge in [0, 0.05) is 6.42 Å². The molecule has 0 aromatic heterocycles. The van der Waals surface area contributed by atoms with Crippen molar-refractivity contribution in [2.75, 3.05) is 20.2 Å². The zero-order valence-corrected chi connectivity index (χ0v) is 14.0. The van der Waals surface area contributed by atoms with Gasteiger partial charge in [0.25, 0.3) is 0 Å². The van der Waals surface area contributed by atoms with E-state index in [4.69, 9.17) is 4.74 Å². The number of esters is 1. The first kappa shape index (κ1) is 17.3. The summed E-state index contributed by atoms with van der Waals surface area (Å²) in [6.07, 6.45) is 7.32. The highest BCUT2D eigenvalue weighted by Gasteiger charge is 2.42. The van der Waals surface area contributed by atoms with E-state index in [0.717, 1.165) is 32.4 Å². The average Bonchev–Trinajstić information content (AvgIpc) is 2.55. The van der Waals surface area contributed by atoms with E-state index >= 15 is 0 Å². The third-order valence-corrected chi connectivity index (χ3v) is 5.31. The number of piperidine rings is 1. The molecule has 5 heteroatoms. The molecule has 5 nitrogen and oxygen atoms in total. The molecule has 2 atom stereocenters. The summed E-state index contributed by atoms with van der Waals surface area (Å²) in [5, 5.41) is 6.42. The van der Waals surface area contributed by atoms with Crippen LogP contribution in [0.15, 0.2) is 0 Å². The molecular weight excluding hydrogens is 280 g/mol. The molecule has 1 amide bonds. The molecular formula is C17H30N2O3. The summed E-state index contributed by atoms with van der Waals surface area (Å²) in [7, 11) is 1.40. The molecule has 0 spiro atoms. The minimum absolute atomic E-state index is 0.00891. The maximum absolute atomic E-state index is 12.5. The number of methoxy groups -OCH3 is 1. The van der Waals surface area contributed by atoms with Gasteiger partial charge in [-0.05, 0) is 50.6 Å². The van der Waals surface area contributed by atoms with Gasteiger partial charge in [-0.2, -0.15) is 0 Å². The second kappa shape index (κ2) is 7.95. The Bertz CT molecular complexity index is 385. The fourth-order valence-electron chi connectivity index (χ4n) is 3.87. The fourth-order valence-corrected chi connectivity index (χ4v) is 3.87. The molecule has 0 bridgehead atoms. The van der Waals surface area contributed by atoms with Crippen LogP contribution >= 0.6 is 0 Å². The summed E-state index contributed by atoms with van der Waals surface area (Å²) >= 11 is 0. The molecule has 2 fully saturated rings. The summed E-state index contributed by atoms with van der Waals surface area (Å²) in [6.45, 7) is 4.22. The van der Waals surface area contributed by atoms with Gasteiger partial charge < -0.3 is 15.4 Å². The standard InChI is InChI=1S/C17H30N2O3/c1-13(14-7-6-10-18-12-14)11-15(20)19-17(16(21)22-2)8-4-3-5-9-17/h13-14,18H,3-12H2,1-2H3,(H,19,20). The molecule has 2 unspecified atom stereocenters. The van der Waals surface area contributed by atoms with Gasteiger partial charge in [-0.3, -0.25) is 4.79 Å². The Hall–Kier alpha value is -1.10. The molecule has 0 aromatic carbocycles. The lowest BCUT2D eigenvalue weighted by molar-refractivity contribution is -0.152. The van der Waals surface area contributed by atoms with Crippen LogP contribution < -0.4 is 10.6 Å². The van der Waals surface area contributed by atoms with Crippen molar-refractivity contribution in [1.29, 1.82) is 0 Å². The Morgan fingerprint density at radius 1 is 1.27 bits per heavy atom. The van der Waals surface area contributed by atoms with E-state index in [1.807, 2.05) is 0 Å². The number of nitrogens with one attached hydrogen (secondary N) is 2. The van der Waals surface area contributed by atoms with Crippen LogP contribution in [0.3, 0.4) is 0 Å². The number of amides is 1. The number of carbonyl (C=O) groups is 2. The van der Waals surface area contributed by atoms with Gasteiger partial charge in [-0.15, -0.1) is 0 Å². The summed E-state index contributed by atoms with van der Waals surface area (Å²) in [5.41, 5.74) is -0.783. The topological polar surface area (TPSA) is 67.4 Å². The Balaban J connectivity index is 1.91. The molecule has 1 saturated carbocycles. The molecule has 2 rings (SSSR count). The van der Waals surface area contributed by atoms with Crippen LogP contribution in [0, 0.1) is 11.8 Å².